The predicted molar refractivity (Wildman–Crippen MR) is 68.0 cm³/mol. The van der Waals surface area contributed by atoms with Gasteiger partial charge in [-0.1, -0.05) is 0 Å². The first-order chi connectivity index (χ1) is 8.86. The lowest BCUT2D eigenvalue weighted by Crippen LogP contribution is -2.31. The van der Waals surface area contributed by atoms with Gasteiger partial charge in [-0.15, -0.1) is 0 Å². The van der Waals surface area contributed by atoms with Gasteiger partial charge >= 0.3 is 6.18 Å². The van der Waals surface area contributed by atoms with Crippen LogP contribution in [0.25, 0.3) is 0 Å². The Morgan fingerprint density at radius 2 is 2.11 bits per heavy atom. The average molecular weight is 273 g/mol. The Labute approximate surface area is 110 Å². The maximum Gasteiger partial charge on any atom is 0.433 e. The minimum absolute atomic E-state index is 0.279. The lowest BCUT2D eigenvalue weighted by atomic mass is 10.2. The van der Waals surface area contributed by atoms with Crippen molar-refractivity contribution in [2.75, 3.05) is 18.4 Å². The average Bonchev–Trinajstić information content (AvgIpc) is 2.77. The molecular formula is C13H18F3N3. The Morgan fingerprint density at radius 3 is 2.58 bits per heavy atom. The zero-order valence-corrected chi connectivity index (χ0v) is 11.0. The third kappa shape index (κ3) is 3.59. The smallest absolute Gasteiger partial charge is 0.380 e. The van der Waals surface area contributed by atoms with Crippen LogP contribution in [0.15, 0.2) is 18.3 Å². The zero-order valence-electron chi connectivity index (χ0n) is 11.0. The van der Waals surface area contributed by atoms with E-state index in [-0.39, 0.29) is 6.04 Å². The van der Waals surface area contributed by atoms with Gasteiger partial charge in [0.15, 0.2) is 0 Å². The van der Waals surface area contributed by atoms with E-state index in [0.717, 1.165) is 25.6 Å². The normalized spacial score (nSPS) is 21.1. The van der Waals surface area contributed by atoms with Crippen molar-refractivity contribution in [2.45, 2.75) is 38.5 Å². The van der Waals surface area contributed by atoms with Gasteiger partial charge in [-0.25, -0.2) is 4.98 Å². The van der Waals surface area contributed by atoms with Crippen LogP contribution in [-0.4, -0.2) is 35.1 Å². The Balaban J connectivity index is 1.94. The number of aromatic nitrogens is 1. The quantitative estimate of drug-likeness (QED) is 0.917. The molecule has 1 saturated heterocycles. The van der Waals surface area contributed by atoms with Gasteiger partial charge in [-0.2, -0.15) is 13.2 Å². The summed E-state index contributed by atoms with van der Waals surface area (Å²) in [6.07, 6.45) is -2.12. The Kier molecular flexibility index (Phi) is 3.99. The Morgan fingerprint density at radius 1 is 1.37 bits per heavy atom. The number of nitrogens with zero attached hydrogens (tertiary/aromatic N) is 2. The van der Waals surface area contributed by atoms with Crippen LogP contribution < -0.4 is 5.32 Å². The molecule has 0 amide bonds. The molecule has 0 saturated carbocycles. The number of hydrogen-bond donors (Lipinski definition) is 1. The fraction of sp³-hybridized carbons (Fsp3) is 0.615. The standard InChI is InChI=1S/C13H18F3N3/c1-9(2)19-6-5-11(8-19)18-10-3-4-12(17-7-10)13(14,15)16/h3-4,7,9,11,18H,5-6,8H2,1-2H3. The summed E-state index contributed by atoms with van der Waals surface area (Å²) in [6, 6.07) is 3.23. The van der Waals surface area contributed by atoms with Crippen molar-refractivity contribution in [2.24, 2.45) is 0 Å². The van der Waals surface area contributed by atoms with E-state index in [2.05, 4.69) is 29.0 Å². The SMILES string of the molecule is CC(C)N1CCC(Nc2ccc(C(F)(F)F)nc2)C1. The maximum atomic E-state index is 12.4. The molecule has 3 nitrogen and oxygen atoms in total. The lowest BCUT2D eigenvalue weighted by Gasteiger charge is -2.20. The summed E-state index contributed by atoms with van der Waals surface area (Å²) in [6.45, 7) is 6.21. The first kappa shape index (κ1) is 14.1. The molecule has 19 heavy (non-hydrogen) atoms. The minimum Gasteiger partial charge on any atom is -0.380 e. The number of rotatable bonds is 3. The molecule has 1 unspecified atom stereocenters. The summed E-state index contributed by atoms with van der Waals surface area (Å²) in [4.78, 5) is 5.79. The van der Waals surface area contributed by atoms with Gasteiger partial charge in [0, 0.05) is 25.2 Å². The number of pyridine rings is 1. The highest BCUT2D eigenvalue weighted by Crippen LogP contribution is 2.28. The molecule has 0 spiro atoms. The van der Waals surface area contributed by atoms with Crippen molar-refractivity contribution >= 4 is 5.69 Å². The number of halogens is 3. The summed E-state index contributed by atoms with van der Waals surface area (Å²) < 4.78 is 37.1. The fourth-order valence-electron chi connectivity index (χ4n) is 2.26. The van der Waals surface area contributed by atoms with Crippen molar-refractivity contribution in [3.05, 3.63) is 24.0 Å². The molecule has 1 atom stereocenters. The summed E-state index contributed by atoms with van der Waals surface area (Å²) in [5.41, 5.74) is -0.211. The molecule has 0 aliphatic carbocycles. The van der Waals surface area contributed by atoms with Gasteiger partial charge in [-0.3, -0.25) is 4.90 Å². The van der Waals surface area contributed by atoms with Gasteiger partial charge in [0.25, 0.3) is 0 Å². The van der Waals surface area contributed by atoms with Gasteiger partial charge in [0.1, 0.15) is 5.69 Å². The van der Waals surface area contributed by atoms with Crippen molar-refractivity contribution in [1.29, 1.82) is 0 Å². The highest BCUT2D eigenvalue weighted by Gasteiger charge is 2.32. The summed E-state index contributed by atoms with van der Waals surface area (Å²) in [5, 5.41) is 3.23. The fourth-order valence-corrected chi connectivity index (χ4v) is 2.26. The second-order valence-electron chi connectivity index (χ2n) is 5.15. The van der Waals surface area contributed by atoms with E-state index in [1.165, 1.54) is 12.3 Å². The molecule has 2 heterocycles. The number of nitrogens with one attached hydrogen (secondary N) is 1. The molecular weight excluding hydrogens is 255 g/mol. The van der Waals surface area contributed by atoms with E-state index < -0.39 is 11.9 Å². The number of anilines is 1. The molecule has 1 aliphatic heterocycles. The first-order valence-electron chi connectivity index (χ1n) is 6.40. The van der Waals surface area contributed by atoms with E-state index in [4.69, 9.17) is 0 Å². The van der Waals surface area contributed by atoms with E-state index in [0.29, 0.717) is 11.7 Å². The van der Waals surface area contributed by atoms with Gasteiger partial charge in [0.05, 0.1) is 11.9 Å². The second kappa shape index (κ2) is 5.36. The molecule has 0 bridgehead atoms. The highest BCUT2D eigenvalue weighted by molar-refractivity contribution is 5.42. The van der Waals surface area contributed by atoms with Crippen LogP contribution in [0.1, 0.15) is 26.0 Å². The van der Waals surface area contributed by atoms with Crippen molar-refractivity contribution < 1.29 is 13.2 Å². The predicted octanol–water partition coefficient (Wildman–Crippen LogP) is 3.00. The molecule has 1 aromatic heterocycles. The monoisotopic (exact) mass is 273 g/mol. The third-order valence-corrected chi connectivity index (χ3v) is 3.37. The molecule has 1 aromatic rings. The molecule has 1 aliphatic rings. The van der Waals surface area contributed by atoms with E-state index in [1.54, 1.807) is 0 Å². The van der Waals surface area contributed by atoms with Crippen molar-refractivity contribution in [1.82, 2.24) is 9.88 Å². The summed E-state index contributed by atoms with van der Waals surface area (Å²) in [5.74, 6) is 0. The number of alkyl halides is 3. The van der Waals surface area contributed by atoms with Crippen molar-refractivity contribution in [3.8, 4) is 0 Å². The minimum atomic E-state index is -4.37. The summed E-state index contributed by atoms with van der Waals surface area (Å²) in [7, 11) is 0. The third-order valence-electron chi connectivity index (χ3n) is 3.37. The molecule has 1 fully saturated rings. The van der Waals surface area contributed by atoms with Gasteiger partial charge < -0.3 is 5.32 Å². The number of hydrogen-bond acceptors (Lipinski definition) is 3. The Bertz CT molecular complexity index is 414. The lowest BCUT2D eigenvalue weighted by molar-refractivity contribution is -0.141. The van der Waals surface area contributed by atoms with Crippen LogP contribution in [0.4, 0.5) is 18.9 Å². The van der Waals surface area contributed by atoms with E-state index >= 15 is 0 Å². The van der Waals surface area contributed by atoms with Crippen LogP contribution in [0.2, 0.25) is 0 Å². The summed E-state index contributed by atoms with van der Waals surface area (Å²) >= 11 is 0. The molecule has 2 rings (SSSR count). The van der Waals surface area contributed by atoms with Gasteiger partial charge in [0.2, 0.25) is 0 Å². The second-order valence-corrected chi connectivity index (χ2v) is 5.15. The van der Waals surface area contributed by atoms with E-state index in [1.807, 2.05) is 0 Å². The first-order valence-corrected chi connectivity index (χ1v) is 6.40. The molecule has 1 N–H and O–H groups in total. The van der Waals surface area contributed by atoms with Crippen molar-refractivity contribution in [3.63, 3.8) is 0 Å². The van der Waals surface area contributed by atoms with Crippen LogP contribution in [0, 0.1) is 0 Å². The van der Waals surface area contributed by atoms with E-state index in [9.17, 15) is 13.2 Å². The molecule has 6 heteroatoms. The van der Waals surface area contributed by atoms with Crippen LogP contribution in [0.3, 0.4) is 0 Å². The number of likely N-dealkylation sites (tertiary alicyclic amines) is 1. The zero-order chi connectivity index (χ0) is 14.0. The molecule has 0 radical (unpaired) electrons. The van der Waals surface area contributed by atoms with Crippen LogP contribution in [-0.2, 0) is 6.18 Å². The van der Waals surface area contributed by atoms with Crippen LogP contribution in [0.5, 0.6) is 0 Å². The van der Waals surface area contributed by atoms with Gasteiger partial charge in [-0.05, 0) is 32.4 Å². The largest absolute Gasteiger partial charge is 0.433 e. The molecule has 0 aromatic carbocycles. The maximum absolute atomic E-state index is 12.4. The molecule has 106 valence electrons. The van der Waals surface area contributed by atoms with Crippen LogP contribution >= 0.6 is 0 Å². The topological polar surface area (TPSA) is 28.2 Å². The Hall–Kier alpha value is -1.30. The highest BCUT2D eigenvalue weighted by atomic mass is 19.4.